The first-order chi connectivity index (χ1) is 67.2. The van der Waals surface area contributed by atoms with Gasteiger partial charge < -0.3 is 56.3 Å². The summed E-state index contributed by atoms with van der Waals surface area (Å²) in [5, 5.41) is 29.2. The van der Waals surface area contributed by atoms with Gasteiger partial charge in [-0.2, -0.15) is 13.2 Å². The predicted molar refractivity (Wildman–Crippen MR) is 610 cm³/mol. The highest BCUT2D eigenvalue weighted by Gasteiger charge is 2.35. The Labute approximate surface area is 898 Å². The van der Waals surface area contributed by atoms with Crippen LogP contribution in [0.15, 0.2) is 217 Å². The number of aromatic nitrogens is 2. The Morgan fingerprint density at radius 3 is 1.49 bits per heavy atom. The third-order valence-corrected chi connectivity index (χ3v) is 22.2. The zero-order valence-corrected chi connectivity index (χ0v) is 88.9. The molecule has 2 fully saturated rings. The normalized spacial score (nSPS) is 14.1. The van der Waals surface area contributed by atoms with Crippen LogP contribution in [0.2, 0.25) is 0 Å². The SMILES string of the molecule is C.C.C.C.C.C.C.CC(C)C.CC(C)NC(=O)/C=C/c1cccc(OC(F)(F)F)c1.CC(C)NC(=O)C(NC/C=C/c1ccccc1)c1ccccc1.CC(C)NC(=O)C(NCc1ccc2ccccc2c1)c1ccccc1.CC(C)NC(=O)C1CCN(c2ncccn2)CC1.CC(C)NC(=O)CCCCCNC(=O)OC(C)(C)C.CC(C)NC(=O)CO[C@@H]1C[C@H](C)CC[C@H]1C(C)C.CC(C)NS(=O)(=O)c1cccc(C(F)(F)F)c1. The molecule has 25 nitrogen and oxygen atoms in total. The average Bonchev–Trinajstić information content (AvgIpc) is 0.824. The molecule has 2 heterocycles. The van der Waals surface area contributed by atoms with Gasteiger partial charge in [0, 0.05) is 106 Å². The molecule has 7 aromatic carbocycles. The van der Waals surface area contributed by atoms with E-state index in [1.807, 2.05) is 207 Å². The molecule has 8 aromatic rings. The smallest absolute Gasteiger partial charge is 0.444 e. The van der Waals surface area contributed by atoms with Crippen molar-refractivity contribution in [1.29, 1.82) is 0 Å². The van der Waals surface area contributed by atoms with Crippen LogP contribution >= 0.6 is 0 Å². The fourth-order valence-corrected chi connectivity index (χ4v) is 15.6. The maximum atomic E-state index is 12.6. The minimum absolute atomic E-state index is 0. The molecule has 1 aromatic heterocycles. The summed E-state index contributed by atoms with van der Waals surface area (Å²) < 4.78 is 114. The molecule has 2 unspecified atom stereocenters. The van der Waals surface area contributed by atoms with E-state index in [0.717, 1.165) is 110 Å². The largest absolute Gasteiger partial charge is 0.573 e. The zero-order chi connectivity index (χ0) is 107. The van der Waals surface area contributed by atoms with Gasteiger partial charge in [0.25, 0.3) is 0 Å². The van der Waals surface area contributed by atoms with Crippen molar-refractivity contribution >= 4 is 80.4 Å². The fraction of sp³-hybridized carbons (Fsp3) is 0.534. The maximum Gasteiger partial charge on any atom is 0.573 e. The quantitative estimate of drug-likeness (QED) is 0.0100. The fourth-order valence-electron chi connectivity index (χ4n) is 14.3. The molecule has 1 saturated heterocycles. The highest BCUT2D eigenvalue weighted by molar-refractivity contribution is 7.89. The van der Waals surface area contributed by atoms with E-state index in [9.17, 15) is 68.3 Å². The highest BCUT2D eigenvalue weighted by atomic mass is 32.2. The summed E-state index contributed by atoms with van der Waals surface area (Å²) in [5.41, 5.74) is 3.26. The average molecular weight is 2130 g/mol. The Kier molecular flexibility index (Phi) is 76.1. The van der Waals surface area contributed by atoms with Gasteiger partial charge in [-0.3, -0.25) is 39.4 Å². The van der Waals surface area contributed by atoms with Crippen molar-refractivity contribution in [2.45, 2.75) is 359 Å². The van der Waals surface area contributed by atoms with Crippen molar-refractivity contribution in [2.75, 3.05) is 37.7 Å². The van der Waals surface area contributed by atoms with Crippen LogP contribution in [0.5, 0.6) is 5.75 Å². The number of unbranched alkanes of at least 4 members (excludes halogenated alkanes) is 2. The van der Waals surface area contributed by atoms with Gasteiger partial charge in [-0.05, 0) is 267 Å². The predicted octanol–water partition coefficient (Wildman–Crippen LogP) is 26.2. The highest BCUT2D eigenvalue weighted by Crippen LogP contribution is 2.36. The van der Waals surface area contributed by atoms with E-state index in [0.29, 0.717) is 49.5 Å². The molecule has 0 radical (unpaired) electrons. The number of nitrogens with one attached hydrogen (secondary N) is 10. The van der Waals surface area contributed by atoms with Crippen LogP contribution in [0.1, 0.15) is 314 Å². The molecule has 5 atom stereocenters. The van der Waals surface area contributed by atoms with Crippen LogP contribution in [-0.4, -0.2) is 153 Å². The van der Waals surface area contributed by atoms with Crippen LogP contribution in [0.25, 0.3) is 22.9 Å². The first-order valence-corrected chi connectivity index (χ1v) is 51.1. The van der Waals surface area contributed by atoms with Crippen LogP contribution < -0.4 is 62.2 Å². The third-order valence-electron chi connectivity index (χ3n) is 20.5. The molecule has 0 spiro atoms. The minimum atomic E-state index is -4.72. The number of anilines is 1. The lowest BCUT2D eigenvalue weighted by Gasteiger charge is -2.37. The minimum Gasteiger partial charge on any atom is -0.444 e. The summed E-state index contributed by atoms with van der Waals surface area (Å²) in [4.78, 5) is 92.8. The molecule has 10 rings (SSSR count). The molecular weight excluding hydrogens is 1940 g/mol. The van der Waals surface area contributed by atoms with Crippen LogP contribution in [0.4, 0.5) is 37.1 Å². The monoisotopic (exact) mass is 2130 g/mol. The summed E-state index contributed by atoms with van der Waals surface area (Å²) in [6.07, 6.45) is 9.38. The van der Waals surface area contributed by atoms with Gasteiger partial charge in [0.15, 0.2) is 0 Å². The van der Waals surface area contributed by atoms with Crippen molar-refractivity contribution in [3.63, 3.8) is 0 Å². The van der Waals surface area contributed by atoms with Crippen LogP contribution in [0.3, 0.4) is 0 Å². The number of piperidine rings is 1. The van der Waals surface area contributed by atoms with Gasteiger partial charge >= 0.3 is 18.6 Å². The van der Waals surface area contributed by atoms with E-state index >= 15 is 0 Å². The second kappa shape index (κ2) is 77.7. The van der Waals surface area contributed by atoms with Crippen LogP contribution in [0, 0.1) is 29.6 Å². The topological polar surface area (TPSA) is 331 Å². The van der Waals surface area contributed by atoms with E-state index < -0.39 is 33.7 Å². The maximum absolute atomic E-state index is 12.6. The zero-order valence-electron chi connectivity index (χ0n) is 88.0. The van der Waals surface area contributed by atoms with Gasteiger partial charge in [0.2, 0.25) is 51.4 Å². The number of alkyl carbamates (subject to hydrolysis) is 1. The van der Waals surface area contributed by atoms with Gasteiger partial charge in [0.05, 0.1) is 16.6 Å². The van der Waals surface area contributed by atoms with Gasteiger partial charge in [-0.15, -0.1) is 13.2 Å². The van der Waals surface area contributed by atoms with Crippen molar-refractivity contribution in [3.05, 3.63) is 246 Å². The Bertz CT molecular complexity index is 5160. The lowest BCUT2D eigenvalue weighted by atomic mass is 9.75. The Hall–Kier alpha value is -11.6. The molecule has 2 aliphatic rings. The molecule has 1 saturated carbocycles. The van der Waals surface area contributed by atoms with E-state index in [1.54, 1.807) is 32.3 Å². The second-order valence-electron chi connectivity index (χ2n) is 39.3. The molecular formula is C118H189F6N13O12S. The number of carbonyl (C=O) groups excluding carboxylic acids is 7. The molecule has 1 aliphatic heterocycles. The van der Waals surface area contributed by atoms with E-state index in [2.05, 4.69) is 162 Å². The molecule has 32 heteroatoms. The van der Waals surface area contributed by atoms with Gasteiger partial charge in [-0.25, -0.2) is 27.9 Å². The molecule has 846 valence electrons. The number of hydrogen-bond donors (Lipinski definition) is 10. The van der Waals surface area contributed by atoms with Crippen molar-refractivity contribution in [2.24, 2.45) is 29.6 Å². The summed E-state index contributed by atoms with van der Waals surface area (Å²) in [6, 6.07) is 55.0. The first kappa shape index (κ1) is 147. The Morgan fingerprint density at radius 1 is 0.493 bits per heavy atom. The third kappa shape index (κ3) is 66.9. The number of halogens is 6. The van der Waals surface area contributed by atoms with E-state index in [-0.39, 0.29) is 177 Å². The Balaban J connectivity index is -0.000000539. The molecule has 0 bridgehead atoms. The Morgan fingerprint density at radius 2 is 0.987 bits per heavy atom. The summed E-state index contributed by atoms with van der Waals surface area (Å²) in [5.74, 6) is 3.34. The number of benzene rings is 7. The summed E-state index contributed by atoms with van der Waals surface area (Å²) >= 11 is 0. The number of fused-ring (bicyclic) bond motifs is 1. The number of carbonyl (C=O) groups is 7. The lowest BCUT2D eigenvalue weighted by molar-refractivity contribution is -0.274. The van der Waals surface area contributed by atoms with Crippen molar-refractivity contribution in [3.8, 4) is 5.75 Å². The first-order valence-electron chi connectivity index (χ1n) is 49.6. The number of nitrogens with zero attached hydrogens (tertiary/aromatic N) is 3. The number of alkyl halides is 6. The standard InChI is InChI=1S/C22H24N2O.C20H24N2O.C15H29NO2.C14H28N2O3.C13H14F3NO2.C13H20N4O.C10H12F3NO2S.C4H10.7CH4/c1-16(2)24-22(25)21(19-9-4-3-5-10-19)23-15-17-12-13-18-8-6-7-11-20(18)14-17;1-16(2)22-20(23)19(18-13-7-4-8-14-18)21-15-9-12-17-10-5-3-6-11-17;1-10(2)13-7-6-12(5)8-14(13)18-9-15(17)16-11(3)4;1-11(2)16-12(17)9-7-6-8-10-15-13(18)19-14(3,4)5;1-9(2)17-12(18)7-6-10-4-3-5-11(8-10)19-13(14,15)16;1-10(2)16-12(18)11-4-8-17(9-5-11)13-14-6-3-7-15-13;1-7(2)14-17(15,16)9-5-3-4-8(6-9)10(11,12)13;1-4(2)3;;;;;;;/h3-14,16,21,23H,15H2,1-2H3,(H,24,25);3-14,16,19,21H,15H2,1-2H3,(H,22,23);10-14H,6-9H2,1-5H3,(H,16,17);11H,6-10H2,1-5H3,(H,15,18)(H,16,17);3-9H,1-2H3,(H,17,18);3,6-7,10-11H,4-5,8-9H2,1-2H3,(H,16,18);3-7,14H,1-2H3;4H,1-3H3;7*1H4/b;12-9+;;;7-6+;;;;;;;;;;/t;;12-,13+,14-;;;;;;;;;;;;/m..1............/s1. The number of sulfonamides is 1. The second-order valence-corrected chi connectivity index (χ2v) is 41.0. The number of rotatable bonds is 35. The molecule has 7 amide bonds. The molecule has 10 N–H and O–H groups in total. The summed E-state index contributed by atoms with van der Waals surface area (Å²) in [7, 11) is -3.89. The number of amides is 7. The summed E-state index contributed by atoms with van der Waals surface area (Å²) in [6.45, 7) is 49.0. The van der Waals surface area contributed by atoms with Gasteiger partial charge in [-0.1, -0.05) is 264 Å². The molecule has 1 aliphatic carbocycles. The lowest BCUT2D eigenvalue weighted by Crippen LogP contribution is -2.42. The number of hydrogen-bond acceptors (Lipinski definition) is 17. The van der Waals surface area contributed by atoms with Crippen LogP contribution in [-0.2, 0) is 61.0 Å². The van der Waals surface area contributed by atoms with Crippen molar-refractivity contribution in [1.82, 2.24) is 62.5 Å². The van der Waals surface area contributed by atoms with Gasteiger partial charge in [0.1, 0.15) is 30.0 Å². The van der Waals surface area contributed by atoms with E-state index in [4.69, 9.17) is 9.47 Å². The van der Waals surface area contributed by atoms with E-state index in [1.165, 1.54) is 54.0 Å². The van der Waals surface area contributed by atoms with Crippen molar-refractivity contribution < 1.29 is 82.5 Å². The molecule has 150 heavy (non-hydrogen) atoms. The number of ether oxygens (including phenoxy) is 3.